The van der Waals surface area contributed by atoms with Crippen molar-refractivity contribution in [3.05, 3.63) is 51.9 Å². The number of aromatic amines is 1. The Bertz CT molecular complexity index is 824. The fourth-order valence-electron chi connectivity index (χ4n) is 3.43. The molecule has 1 aromatic carbocycles. The third-order valence-electron chi connectivity index (χ3n) is 4.94. The van der Waals surface area contributed by atoms with Gasteiger partial charge in [0.05, 0.1) is 16.2 Å². The first-order valence-corrected chi connectivity index (χ1v) is 9.04. The summed E-state index contributed by atoms with van der Waals surface area (Å²) in [5, 5.41) is 10.3. The highest BCUT2D eigenvalue weighted by atomic mass is 35.5. The van der Waals surface area contributed by atoms with Gasteiger partial charge in [-0.15, -0.1) is 0 Å². The topological polar surface area (TPSA) is 45.6 Å². The van der Waals surface area contributed by atoms with Crippen LogP contribution >= 0.6 is 23.2 Å². The Kier molecular flexibility index (Phi) is 4.29. The summed E-state index contributed by atoms with van der Waals surface area (Å²) in [6.45, 7) is 0.778. The van der Waals surface area contributed by atoms with Crippen molar-refractivity contribution in [2.75, 3.05) is 0 Å². The van der Waals surface area contributed by atoms with Crippen LogP contribution < -0.4 is 5.32 Å². The average Bonchev–Trinajstić information content (AvgIpc) is 3.08. The van der Waals surface area contributed by atoms with Crippen LogP contribution in [-0.4, -0.2) is 14.8 Å². The Labute approximate surface area is 151 Å². The SMILES string of the molecule is Cn1cc(C(NCc2cc3cc(Cl)c(Cl)cc3[nH]2)C2CCC2)cn1. The molecule has 0 amide bonds. The molecule has 4 rings (SSSR count). The van der Waals surface area contributed by atoms with Gasteiger partial charge in [-0.2, -0.15) is 5.10 Å². The minimum Gasteiger partial charge on any atom is -0.357 e. The summed E-state index contributed by atoms with van der Waals surface area (Å²) in [6.07, 6.45) is 7.98. The molecular formula is C18H20Cl2N4. The van der Waals surface area contributed by atoms with Crippen LogP contribution in [-0.2, 0) is 13.6 Å². The fourth-order valence-corrected chi connectivity index (χ4v) is 3.77. The van der Waals surface area contributed by atoms with Crippen molar-refractivity contribution in [3.8, 4) is 0 Å². The van der Waals surface area contributed by atoms with Crippen LogP contribution in [0, 0.1) is 5.92 Å². The maximum absolute atomic E-state index is 6.10. The fraction of sp³-hybridized carbons (Fsp3) is 0.389. The van der Waals surface area contributed by atoms with Crippen LogP contribution in [0.5, 0.6) is 0 Å². The molecule has 0 aliphatic heterocycles. The summed E-state index contributed by atoms with van der Waals surface area (Å²) in [4.78, 5) is 3.42. The first kappa shape index (κ1) is 16.0. The lowest BCUT2D eigenvalue weighted by Crippen LogP contribution is -2.31. The predicted octanol–water partition coefficient (Wildman–Crippen LogP) is 4.84. The lowest BCUT2D eigenvalue weighted by Gasteiger charge is -2.34. The van der Waals surface area contributed by atoms with Crippen molar-refractivity contribution in [1.29, 1.82) is 0 Å². The van der Waals surface area contributed by atoms with Gasteiger partial charge in [0.2, 0.25) is 0 Å². The maximum atomic E-state index is 6.10. The molecule has 126 valence electrons. The van der Waals surface area contributed by atoms with E-state index in [1.54, 1.807) is 0 Å². The van der Waals surface area contributed by atoms with Crippen molar-refractivity contribution < 1.29 is 0 Å². The summed E-state index contributed by atoms with van der Waals surface area (Å²) in [5.41, 5.74) is 3.42. The second kappa shape index (κ2) is 6.43. The van der Waals surface area contributed by atoms with E-state index < -0.39 is 0 Å². The van der Waals surface area contributed by atoms with Crippen molar-refractivity contribution in [2.24, 2.45) is 13.0 Å². The van der Waals surface area contributed by atoms with Crippen molar-refractivity contribution in [3.63, 3.8) is 0 Å². The second-order valence-corrected chi connectivity index (χ2v) is 7.46. The number of rotatable bonds is 5. The minimum atomic E-state index is 0.353. The molecule has 1 saturated carbocycles. The largest absolute Gasteiger partial charge is 0.357 e. The Morgan fingerprint density at radius 3 is 2.75 bits per heavy atom. The van der Waals surface area contributed by atoms with Crippen molar-refractivity contribution in [1.82, 2.24) is 20.1 Å². The number of aromatic nitrogens is 3. The van der Waals surface area contributed by atoms with Gasteiger partial charge < -0.3 is 10.3 Å². The summed E-state index contributed by atoms with van der Waals surface area (Å²) >= 11 is 12.2. The van der Waals surface area contributed by atoms with Crippen LogP contribution in [0.2, 0.25) is 10.0 Å². The van der Waals surface area contributed by atoms with E-state index in [-0.39, 0.29) is 0 Å². The third kappa shape index (κ3) is 3.06. The molecule has 4 nitrogen and oxygen atoms in total. The normalized spacial score (nSPS) is 16.5. The molecule has 6 heteroatoms. The number of hydrogen-bond acceptors (Lipinski definition) is 2. The highest BCUT2D eigenvalue weighted by Gasteiger charge is 2.29. The quantitative estimate of drug-likeness (QED) is 0.681. The molecule has 1 fully saturated rings. The molecule has 0 spiro atoms. The maximum Gasteiger partial charge on any atom is 0.0613 e. The van der Waals surface area contributed by atoms with Crippen LogP contribution in [0.4, 0.5) is 0 Å². The number of H-pyrrole nitrogens is 1. The first-order chi connectivity index (χ1) is 11.6. The smallest absolute Gasteiger partial charge is 0.0613 e. The average molecular weight is 363 g/mol. The molecule has 2 heterocycles. The highest BCUT2D eigenvalue weighted by molar-refractivity contribution is 6.42. The Morgan fingerprint density at radius 1 is 1.29 bits per heavy atom. The van der Waals surface area contributed by atoms with Crippen molar-refractivity contribution >= 4 is 34.1 Å². The zero-order valence-corrected chi connectivity index (χ0v) is 15.0. The zero-order chi connectivity index (χ0) is 16.7. The summed E-state index contributed by atoms with van der Waals surface area (Å²) in [5.74, 6) is 0.697. The molecular weight excluding hydrogens is 343 g/mol. The number of fused-ring (bicyclic) bond motifs is 1. The van der Waals surface area contributed by atoms with Gasteiger partial charge in [-0.3, -0.25) is 4.68 Å². The van der Waals surface area contributed by atoms with Crippen molar-refractivity contribution in [2.45, 2.75) is 31.8 Å². The van der Waals surface area contributed by atoms with Gasteiger partial charge in [0, 0.05) is 48.0 Å². The summed E-state index contributed by atoms with van der Waals surface area (Å²) in [6, 6.07) is 6.27. The van der Waals surface area contributed by atoms with E-state index in [9.17, 15) is 0 Å². The lowest BCUT2D eigenvalue weighted by molar-refractivity contribution is 0.229. The Balaban J connectivity index is 1.53. The van der Waals surface area contributed by atoms with Gasteiger partial charge >= 0.3 is 0 Å². The van der Waals surface area contributed by atoms with Crippen LogP contribution in [0.1, 0.15) is 36.6 Å². The van der Waals surface area contributed by atoms with Crippen LogP contribution in [0.3, 0.4) is 0 Å². The Morgan fingerprint density at radius 2 is 2.08 bits per heavy atom. The van der Waals surface area contributed by atoms with Gasteiger partial charge in [-0.25, -0.2) is 0 Å². The third-order valence-corrected chi connectivity index (χ3v) is 5.66. The predicted molar refractivity (Wildman–Crippen MR) is 98.4 cm³/mol. The number of nitrogens with zero attached hydrogens (tertiary/aromatic N) is 2. The van der Waals surface area contributed by atoms with E-state index >= 15 is 0 Å². The van der Waals surface area contributed by atoms with E-state index in [0.29, 0.717) is 22.0 Å². The molecule has 2 aromatic heterocycles. The van der Waals surface area contributed by atoms with Gasteiger partial charge in [0.15, 0.2) is 0 Å². The molecule has 0 bridgehead atoms. The van der Waals surface area contributed by atoms with Crippen LogP contribution in [0.15, 0.2) is 30.6 Å². The molecule has 0 radical (unpaired) electrons. The minimum absolute atomic E-state index is 0.353. The van der Waals surface area contributed by atoms with Gasteiger partial charge in [0.1, 0.15) is 0 Å². The lowest BCUT2D eigenvalue weighted by atomic mass is 9.78. The Hall–Kier alpha value is -1.49. The molecule has 1 atom stereocenters. The highest BCUT2D eigenvalue weighted by Crippen LogP contribution is 2.38. The summed E-state index contributed by atoms with van der Waals surface area (Å²) < 4.78 is 1.87. The molecule has 2 N–H and O–H groups in total. The molecule has 0 saturated heterocycles. The number of nitrogens with one attached hydrogen (secondary N) is 2. The number of aryl methyl sites for hydroxylation is 1. The molecule has 24 heavy (non-hydrogen) atoms. The van der Waals surface area contributed by atoms with E-state index in [0.717, 1.165) is 23.1 Å². The number of benzene rings is 1. The molecule has 1 aliphatic carbocycles. The number of hydrogen-bond donors (Lipinski definition) is 2. The molecule has 3 aromatic rings. The van der Waals surface area contributed by atoms with E-state index in [1.807, 2.05) is 30.1 Å². The standard InChI is InChI=1S/C18H20Cl2N4/c1-24-10-13(8-22-24)18(11-3-2-4-11)21-9-14-5-12-6-15(19)16(20)7-17(12)23-14/h5-8,10-11,18,21,23H,2-4,9H2,1H3. The monoisotopic (exact) mass is 362 g/mol. The second-order valence-electron chi connectivity index (χ2n) is 6.65. The van der Waals surface area contributed by atoms with E-state index in [4.69, 9.17) is 23.2 Å². The van der Waals surface area contributed by atoms with Gasteiger partial charge in [-0.05, 0) is 37.0 Å². The zero-order valence-electron chi connectivity index (χ0n) is 13.5. The van der Waals surface area contributed by atoms with E-state index in [2.05, 4.69) is 27.7 Å². The van der Waals surface area contributed by atoms with E-state index in [1.165, 1.54) is 24.8 Å². The van der Waals surface area contributed by atoms with Gasteiger partial charge in [0.25, 0.3) is 0 Å². The van der Waals surface area contributed by atoms with Gasteiger partial charge in [-0.1, -0.05) is 29.6 Å². The molecule has 1 unspecified atom stereocenters. The summed E-state index contributed by atoms with van der Waals surface area (Å²) in [7, 11) is 1.96. The first-order valence-electron chi connectivity index (χ1n) is 8.29. The number of halogens is 2. The molecule has 1 aliphatic rings. The van der Waals surface area contributed by atoms with Crippen LogP contribution in [0.25, 0.3) is 10.9 Å².